The fourth-order valence-corrected chi connectivity index (χ4v) is 2.95. The van der Waals surface area contributed by atoms with E-state index in [1.807, 2.05) is 6.08 Å². The van der Waals surface area contributed by atoms with Crippen LogP contribution in [0.25, 0.3) is 0 Å². The Morgan fingerprint density at radius 3 is 2.11 bits per heavy atom. The van der Waals surface area contributed by atoms with E-state index in [1.54, 1.807) is 0 Å². The van der Waals surface area contributed by atoms with Gasteiger partial charge in [-0.3, -0.25) is 0 Å². The summed E-state index contributed by atoms with van der Waals surface area (Å²) < 4.78 is 0. The molecule has 0 saturated heterocycles. The Hall–Kier alpha value is -0.980. The van der Waals surface area contributed by atoms with Gasteiger partial charge < -0.3 is 4.90 Å². The molecule has 0 atom stereocenters. The lowest BCUT2D eigenvalue weighted by Crippen LogP contribution is -2.32. The van der Waals surface area contributed by atoms with Gasteiger partial charge in [0.2, 0.25) is 0 Å². The van der Waals surface area contributed by atoms with Gasteiger partial charge in [0.15, 0.2) is 0 Å². The molecule has 0 spiro atoms. The Morgan fingerprint density at radius 2 is 1.79 bits per heavy atom. The zero-order valence-corrected chi connectivity index (χ0v) is 13.3. The minimum absolute atomic E-state index is 0.667. The molecule has 0 N–H and O–H groups in total. The highest BCUT2D eigenvalue weighted by Gasteiger charge is 2.32. The summed E-state index contributed by atoms with van der Waals surface area (Å²) in [4.78, 5) is 2.54. The highest BCUT2D eigenvalue weighted by atomic mass is 15.1. The Morgan fingerprint density at radius 1 is 1.26 bits per heavy atom. The van der Waals surface area contributed by atoms with Crippen LogP contribution in [0, 0.1) is 5.92 Å². The van der Waals surface area contributed by atoms with Crippen molar-refractivity contribution in [1.82, 2.24) is 4.90 Å². The monoisotopic (exact) mass is 261 g/mol. The fourth-order valence-electron chi connectivity index (χ4n) is 2.95. The minimum Gasteiger partial charge on any atom is -0.374 e. The first-order chi connectivity index (χ1) is 9.06. The van der Waals surface area contributed by atoms with Gasteiger partial charge in [-0.25, -0.2) is 0 Å². The van der Waals surface area contributed by atoms with Gasteiger partial charge in [-0.05, 0) is 49.7 Å². The van der Waals surface area contributed by atoms with Gasteiger partial charge in [0, 0.05) is 18.8 Å². The topological polar surface area (TPSA) is 3.24 Å². The van der Waals surface area contributed by atoms with Crippen LogP contribution >= 0.6 is 0 Å². The summed E-state index contributed by atoms with van der Waals surface area (Å²) >= 11 is 0. The van der Waals surface area contributed by atoms with Crippen molar-refractivity contribution in [1.29, 1.82) is 0 Å². The quantitative estimate of drug-likeness (QED) is 0.508. The maximum atomic E-state index is 4.14. The summed E-state index contributed by atoms with van der Waals surface area (Å²) in [5.41, 5.74) is 3.92. The lowest BCUT2D eigenvalue weighted by atomic mass is 9.99. The predicted molar refractivity (Wildman–Crippen MR) is 86.1 cm³/mol. The first kappa shape index (κ1) is 16.1. The number of nitrogens with zero attached hydrogens (tertiary/aromatic N) is 1. The zero-order chi connectivity index (χ0) is 14.4. The van der Waals surface area contributed by atoms with Crippen molar-refractivity contribution in [2.45, 2.75) is 65.3 Å². The molecule has 1 fully saturated rings. The summed E-state index contributed by atoms with van der Waals surface area (Å²) in [5.74, 6) is 0.742. The van der Waals surface area contributed by atoms with E-state index in [1.165, 1.54) is 49.8 Å². The van der Waals surface area contributed by atoms with Crippen molar-refractivity contribution in [3.63, 3.8) is 0 Å². The molecule has 108 valence electrons. The Kier molecular flexibility index (Phi) is 6.41. The normalized spacial score (nSPS) is 16.3. The van der Waals surface area contributed by atoms with Gasteiger partial charge in [0.05, 0.1) is 0 Å². The molecule has 0 heterocycles. The minimum atomic E-state index is 0.667. The highest BCUT2D eigenvalue weighted by Crippen LogP contribution is 2.42. The molecule has 0 aromatic heterocycles. The molecule has 1 heteroatoms. The second-order valence-electron chi connectivity index (χ2n) is 5.90. The molecule has 1 aliphatic rings. The first-order valence-corrected chi connectivity index (χ1v) is 7.82. The molecule has 1 saturated carbocycles. The maximum absolute atomic E-state index is 4.14. The third kappa shape index (κ3) is 4.26. The van der Waals surface area contributed by atoms with Crippen LogP contribution in [-0.2, 0) is 0 Å². The largest absolute Gasteiger partial charge is 0.374 e. The van der Waals surface area contributed by atoms with Crippen LogP contribution in [-0.4, -0.2) is 18.0 Å². The van der Waals surface area contributed by atoms with Gasteiger partial charge in [0.25, 0.3) is 0 Å². The number of hydrogen-bond acceptors (Lipinski definition) is 1. The average Bonchev–Trinajstić information content (AvgIpc) is 3.18. The number of rotatable bonds is 9. The van der Waals surface area contributed by atoms with E-state index in [0.29, 0.717) is 6.04 Å². The van der Waals surface area contributed by atoms with Crippen LogP contribution in [0.5, 0.6) is 0 Å². The summed E-state index contributed by atoms with van der Waals surface area (Å²) in [6, 6.07) is 0.667. The predicted octanol–water partition coefficient (Wildman–Crippen LogP) is 5.31. The molecule has 1 rings (SSSR count). The van der Waals surface area contributed by atoms with Crippen molar-refractivity contribution in [2.75, 3.05) is 7.05 Å². The maximum Gasteiger partial charge on any atom is 0.0283 e. The Balaban J connectivity index is 3.03. The van der Waals surface area contributed by atoms with E-state index in [9.17, 15) is 0 Å². The van der Waals surface area contributed by atoms with Crippen LogP contribution in [0.2, 0.25) is 0 Å². The van der Waals surface area contributed by atoms with Crippen molar-refractivity contribution < 1.29 is 0 Å². The standard InChI is InChI=1S/C18H31N/c1-7-10-16(11-8-2)19(6)18(15-12-13-15)17(9-3)14(4)5/h9,15-16H,3-4,7-8,10-13H2,1-2,5-6H3/b18-17+. The van der Waals surface area contributed by atoms with Gasteiger partial charge >= 0.3 is 0 Å². The molecule has 1 aliphatic carbocycles. The van der Waals surface area contributed by atoms with Gasteiger partial charge in [0.1, 0.15) is 0 Å². The molecule has 0 aromatic carbocycles. The number of hydrogen-bond donors (Lipinski definition) is 0. The van der Waals surface area contributed by atoms with E-state index in [0.717, 1.165) is 11.5 Å². The first-order valence-electron chi connectivity index (χ1n) is 7.82. The highest BCUT2D eigenvalue weighted by molar-refractivity contribution is 5.41. The molecule has 0 amide bonds. The summed E-state index contributed by atoms with van der Waals surface area (Å²) in [5, 5.41) is 0. The van der Waals surface area contributed by atoms with Crippen molar-refractivity contribution in [2.24, 2.45) is 5.92 Å². The van der Waals surface area contributed by atoms with Gasteiger partial charge in [-0.2, -0.15) is 0 Å². The second kappa shape index (κ2) is 7.57. The smallest absolute Gasteiger partial charge is 0.0283 e. The number of allylic oxidation sites excluding steroid dienone is 4. The fraction of sp³-hybridized carbons (Fsp3) is 0.667. The summed E-state index contributed by atoms with van der Waals surface area (Å²) in [6.07, 6.45) is 9.72. The molecule has 1 nitrogen and oxygen atoms in total. The lowest BCUT2D eigenvalue weighted by molar-refractivity contribution is 0.256. The Labute approximate surface area is 120 Å². The molecule has 0 bridgehead atoms. The van der Waals surface area contributed by atoms with E-state index in [4.69, 9.17) is 0 Å². The lowest BCUT2D eigenvalue weighted by Gasteiger charge is -2.34. The molecular weight excluding hydrogens is 230 g/mol. The van der Waals surface area contributed by atoms with Gasteiger partial charge in [-0.1, -0.05) is 45.9 Å². The van der Waals surface area contributed by atoms with E-state index in [2.05, 4.69) is 45.9 Å². The molecule has 0 radical (unpaired) electrons. The third-order valence-electron chi connectivity index (χ3n) is 4.08. The molecule has 0 aliphatic heterocycles. The van der Waals surface area contributed by atoms with Crippen LogP contribution in [0.15, 0.2) is 36.1 Å². The van der Waals surface area contributed by atoms with Crippen LogP contribution < -0.4 is 0 Å². The van der Waals surface area contributed by atoms with E-state index in [-0.39, 0.29) is 0 Å². The zero-order valence-electron chi connectivity index (χ0n) is 13.3. The van der Waals surface area contributed by atoms with E-state index >= 15 is 0 Å². The van der Waals surface area contributed by atoms with Gasteiger partial charge in [-0.15, -0.1) is 0 Å². The summed E-state index contributed by atoms with van der Waals surface area (Å²) in [6.45, 7) is 14.8. The third-order valence-corrected chi connectivity index (χ3v) is 4.08. The molecule has 19 heavy (non-hydrogen) atoms. The average molecular weight is 261 g/mol. The molecule has 0 unspecified atom stereocenters. The van der Waals surface area contributed by atoms with E-state index < -0.39 is 0 Å². The Bertz CT molecular complexity index is 341. The van der Waals surface area contributed by atoms with Crippen molar-refractivity contribution >= 4 is 0 Å². The molecular formula is C18H31N. The second-order valence-corrected chi connectivity index (χ2v) is 5.90. The van der Waals surface area contributed by atoms with Crippen LogP contribution in [0.3, 0.4) is 0 Å². The van der Waals surface area contributed by atoms with Crippen LogP contribution in [0.1, 0.15) is 59.3 Å². The summed E-state index contributed by atoms with van der Waals surface area (Å²) in [7, 11) is 2.27. The van der Waals surface area contributed by atoms with Crippen LogP contribution in [0.4, 0.5) is 0 Å². The van der Waals surface area contributed by atoms with Crippen molar-refractivity contribution in [3.8, 4) is 0 Å². The SMILES string of the molecule is C=C/C(C(=C)C)=C(/C1CC1)N(C)C(CCC)CCC. The van der Waals surface area contributed by atoms with Crippen molar-refractivity contribution in [3.05, 3.63) is 36.1 Å². The molecule has 0 aromatic rings.